The van der Waals surface area contributed by atoms with E-state index in [1.54, 1.807) is 48.5 Å². The molecule has 16 nitrogen and oxygen atoms in total. The van der Waals surface area contributed by atoms with Crippen molar-refractivity contribution in [2.75, 3.05) is 27.8 Å². The van der Waals surface area contributed by atoms with E-state index in [2.05, 4.69) is 5.16 Å². The lowest BCUT2D eigenvalue weighted by atomic mass is 9.73. The lowest BCUT2D eigenvalue weighted by Gasteiger charge is -2.49. The van der Waals surface area contributed by atoms with E-state index in [1.165, 1.54) is 21.0 Å². The number of cyclic esters (lactones) is 1. The number of ether oxygens (including phenoxy) is 7. The monoisotopic (exact) mass is 909 g/mol. The van der Waals surface area contributed by atoms with Gasteiger partial charge in [0.25, 0.3) is 0 Å². The Morgan fingerprint density at radius 1 is 0.938 bits per heavy atom. The second-order valence-corrected chi connectivity index (χ2v) is 19.6. The van der Waals surface area contributed by atoms with Gasteiger partial charge in [0.1, 0.15) is 30.0 Å². The average molecular weight is 909 g/mol. The average Bonchev–Trinajstić information content (AvgIpc) is 3.22. The highest BCUT2D eigenvalue weighted by molar-refractivity contribution is 5.88. The third-order valence-corrected chi connectivity index (χ3v) is 13.8. The molecule has 0 aromatic heterocycles. The van der Waals surface area contributed by atoms with Crippen molar-refractivity contribution in [3.63, 3.8) is 0 Å². The molecular weight excluding hydrogens is 829 g/mol. The fourth-order valence-corrected chi connectivity index (χ4v) is 10.1. The number of likely N-dealkylation sites (N-methyl/N-ethyl adjacent to an activating group) is 1. The molecule has 0 saturated carbocycles. The number of benzene rings is 1. The molecule has 366 valence electrons. The van der Waals surface area contributed by atoms with Crippen LogP contribution in [-0.2, 0) is 54.0 Å². The number of aliphatic hydroxyl groups is 4. The normalized spacial score (nSPS) is 42.5. The summed E-state index contributed by atoms with van der Waals surface area (Å²) in [6, 6.07) is 9.67. The SMILES string of the molecule is CC[C@H]1OC(=O)[C@H](C)[C@@H](O[C@H]2C[C@@](C)(OC)[C@@H](OC(C)=O)[C@H](C)O2)[C@H](C)[C@@H](O[C@@H]2O[C@H](C)C[C@H](N(C)C)[C@H]2O)C(C)(O)C[C@@H](C)/C(=N\OCCCc2ccccc2)[C@H](C)[C@@H](O)[C@]1(C)O. The maximum atomic E-state index is 14.5. The number of rotatable bonds is 13. The Balaban J connectivity index is 1.83. The van der Waals surface area contributed by atoms with Crippen LogP contribution in [0.2, 0.25) is 0 Å². The van der Waals surface area contributed by atoms with E-state index >= 15 is 0 Å². The van der Waals surface area contributed by atoms with Crippen molar-refractivity contribution in [1.82, 2.24) is 4.90 Å². The molecule has 0 amide bonds. The van der Waals surface area contributed by atoms with Gasteiger partial charge in [-0.2, -0.15) is 0 Å². The molecule has 3 aliphatic rings. The number of carbonyl (C=O) groups is 2. The molecule has 3 saturated heterocycles. The van der Waals surface area contributed by atoms with Gasteiger partial charge in [-0.25, -0.2) is 0 Å². The minimum absolute atomic E-state index is 0.00553. The van der Waals surface area contributed by atoms with Gasteiger partial charge in [0.05, 0.1) is 47.8 Å². The van der Waals surface area contributed by atoms with Crippen molar-refractivity contribution in [2.24, 2.45) is 28.8 Å². The number of aliphatic hydroxyl groups excluding tert-OH is 2. The first-order valence-electron chi connectivity index (χ1n) is 23.1. The van der Waals surface area contributed by atoms with Crippen LogP contribution in [-0.4, -0.2) is 155 Å². The number of aryl methyl sites for hydroxylation is 1. The molecule has 1 aromatic carbocycles. The molecule has 64 heavy (non-hydrogen) atoms. The summed E-state index contributed by atoms with van der Waals surface area (Å²) in [6.45, 7) is 18.8. The third-order valence-electron chi connectivity index (χ3n) is 13.8. The lowest BCUT2D eigenvalue weighted by Crippen LogP contribution is -2.61. The van der Waals surface area contributed by atoms with E-state index < -0.39 is 108 Å². The largest absolute Gasteiger partial charge is 0.459 e. The summed E-state index contributed by atoms with van der Waals surface area (Å²) < 4.78 is 44.0. The van der Waals surface area contributed by atoms with Crippen LogP contribution >= 0.6 is 0 Å². The van der Waals surface area contributed by atoms with Crippen molar-refractivity contribution in [1.29, 1.82) is 0 Å². The maximum absolute atomic E-state index is 14.5. The molecule has 0 radical (unpaired) electrons. The maximum Gasteiger partial charge on any atom is 0.311 e. The van der Waals surface area contributed by atoms with Crippen LogP contribution in [0.1, 0.15) is 114 Å². The standard InChI is InChI=1S/C48H80N2O14/c1-15-36-48(11,56)41(53)29(4)38(49-58-23-19-22-34-20-17-16-18-21-34)27(2)25-46(9,55)42(64-45-39(52)35(50(12)13)24-28(3)59-45)30(5)40(31(6)44(54)62-36)63-37-26-47(10,57-14)43(32(7)60-37)61-33(8)51/h16-18,20-21,27-32,35-37,39-43,45,52-53,55-56H,15,19,22-26H2,1-14H3/b49-38+/t27-,28-,29+,30+,31-,32+,35+,36-,37+,39-,40+,41-,42-,43+,45+,46?,47-,48-/m1/s1. The molecule has 4 N–H and O–H groups in total. The number of oxime groups is 1. The number of hydrogen-bond acceptors (Lipinski definition) is 16. The lowest BCUT2D eigenvalue weighted by molar-refractivity contribution is -0.318. The highest BCUT2D eigenvalue weighted by atomic mass is 16.7. The van der Waals surface area contributed by atoms with E-state index in [-0.39, 0.29) is 38.0 Å². The topological polar surface area (TPSA) is 204 Å². The molecular formula is C48H80N2O14. The van der Waals surface area contributed by atoms with Crippen LogP contribution in [0, 0.1) is 23.7 Å². The number of hydrogen-bond donors (Lipinski definition) is 4. The van der Waals surface area contributed by atoms with Crippen molar-refractivity contribution >= 4 is 17.7 Å². The Morgan fingerprint density at radius 3 is 2.19 bits per heavy atom. The third kappa shape index (κ3) is 13.0. The molecule has 16 heteroatoms. The highest BCUT2D eigenvalue weighted by Gasteiger charge is 2.54. The van der Waals surface area contributed by atoms with Crippen LogP contribution in [0.25, 0.3) is 0 Å². The first-order chi connectivity index (χ1) is 29.9. The zero-order valence-corrected chi connectivity index (χ0v) is 40.8. The first-order valence-corrected chi connectivity index (χ1v) is 23.1. The van der Waals surface area contributed by atoms with E-state index in [0.29, 0.717) is 18.6 Å². The van der Waals surface area contributed by atoms with Gasteiger partial charge in [-0.1, -0.05) is 63.2 Å². The molecule has 0 bridgehead atoms. The molecule has 1 unspecified atom stereocenters. The van der Waals surface area contributed by atoms with Gasteiger partial charge in [0, 0.05) is 44.2 Å². The summed E-state index contributed by atoms with van der Waals surface area (Å²) in [5, 5.41) is 53.4. The highest BCUT2D eigenvalue weighted by Crippen LogP contribution is 2.41. The molecule has 3 fully saturated rings. The van der Waals surface area contributed by atoms with E-state index in [1.807, 2.05) is 63.2 Å². The predicted octanol–water partition coefficient (Wildman–Crippen LogP) is 4.79. The molecule has 3 aliphatic heterocycles. The Morgan fingerprint density at radius 2 is 1.59 bits per heavy atom. The van der Waals surface area contributed by atoms with Gasteiger partial charge in [-0.15, -0.1) is 0 Å². The predicted molar refractivity (Wildman–Crippen MR) is 239 cm³/mol. The van der Waals surface area contributed by atoms with E-state index in [4.69, 9.17) is 38.0 Å². The van der Waals surface area contributed by atoms with Gasteiger partial charge in [-0.05, 0) is 93.3 Å². The molecule has 0 aliphatic carbocycles. The summed E-state index contributed by atoms with van der Waals surface area (Å²) in [7, 11) is 5.25. The second kappa shape index (κ2) is 22.8. The summed E-state index contributed by atoms with van der Waals surface area (Å²) in [5.74, 6) is -4.60. The number of methoxy groups -OCH3 is 1. The Hall–Kier alpha value is -2.77. The van der Waals surface area contributed by atoms with E-state index in [9.17, 15) is 30.0 Å². The molecule has 18 atom stereocenters. The number of nitrogens with zero attached hydrogens (tertiary/aromatic N) is 2. The Labute approximate surface area is 381 Å². The summed E-state index contributed by atoms with van der Waals surface area (Å²) in [5.41, 5.74) is -3.26. The second-order valence-electron chi connectivity index (χ2n) is 19.6. The van der Waals surface area contributed by atoms with Crippen LogP contribution in [0.3, 0.4) is 0 Å². The summed E-state index contributed by atoms with van der Waals surface area (Å²) in [4.78, 5) is 34.5. The minimum atomic E-state index is -1.96. The van der Waals surface area contributed by atoms with Gasteiger partial charge >= 0.3 is 11.9 Å². The van der Waals surface area contributed by atoms with Gasteiger partial charge < -0.3 is 63.3 Å². The summed E-state index contributed by atoms with van der Waals surface area (Å²) >= 11 is 0. The van der Waals surface area contributed by atoms with Gasteiger partial charge in [0.2, 0.25) is 0 Å². The molecule has 4 rings (SSSR count). The number of esters is 2. The van der Waals surface area contributed by atoms with Gasteiger partial charge in [0.15, 0.2) is 18.7 Å². The zero-order chi connectivity index (χ0) is 47.9. The molecule has 0 spiro atoms. The van der Waals surface area contributed by atoms with Crippen LogP contribution < -0.4 is 0 Å². The van der Waals surface area contributed by atoms with Crippen molar-refractivity contribution in [3.8, 4) is 0 Å². The fourth-order valence-electron chi connectivity index (χ4n) is 10.1. The Bertz CT molecular complexity index is 1660. The van der Waals surface area contributed by atoms with Crippen LogP contribution in [0.15, 0.2) is 35.5 Å². The number of carbonyl (C=O) groups excluding carboxylic acids is 2. The van der Waals surface area contributed by atoms with Crippen LogP contribution in [0.4, 0.5) is 0 Å². The first kappa shape index (κ1) is 53.8. The van der Waals surface area contributed by atoms with Crippen molar-refractivity contribution < 1.29 is 68.0 Å². The zero-order valence-electron chi connectivity index (χ0n) is 40.8. The summed E-state index contributed by atoms with van der Waals surface area (Å²) in [6.07, 6.45) is -7.88. The fraction of sp³-hybridized carbons (Fsp3) is 0.812. The smallest absolute Gasteiger partial charge is 0.311 e. The van der Waals surface area contributed by atoms with Crippen molar-refractivity contribution in [2.45, 2.75) is 199 Å². The van der Waals surface area contributed by atoms with Gasteiger partial charge in [-0.3, -0.25) is 9.59 Å². The van der Waals surface area contributed by atoms with E-state index in [0.717, 1.165) is 12.0 Å². The van der Waals surface area contributed by atoms with Crippen LogP contribution in [0.5, 0.6) is 0 Å². The quantitative estimate of drug-likeness (QED) is 0.119. The molecule has 3 heterocycles. The Kier molecular flexibility index (Phi) is 19.2. The van der Waals surface area contributed by atoms with Crippen molar-refractivity contribution in [3.05, 3.63) is 35.9 Å². The molecule has 1 aromatic rings. The minimum Gasteiger partial charge on any atom is -0.459 e.